The molecule has 2 rings (SSSR count). The lowest BCUT2D eigenvalue weighted by atomic mass is 10.1. The highest BCUT2D eigenvalue weighted by Crippen LogP contribution is 2.40. The highest BCUT2D eigenvalue weighted by molar-refractivity contribution is 5.08. The normalized spacial score (nSPS) is 40.9. The standard InChI is InChI=1S/C11H20N/c1-9(2)12-7-4-5-11(12)10(3)6-8-12/h9,11H,3-8H2,1-2H3/q+1/t11?,12-/m0/s1. The van der Waals surface area contributed by atoms with Gasteiger partial charge in [-0.15, -0.1) is 0 Å². The second-order valence-corrected chi connectivity index (χ2v) is 4.71. The fraction of sp³-hybridized carbons (Fsp3) is 0.818. The number of hydrogen-bond acceptors (Lipinski definition) is 0. The minimum Gasteiger partial charge on any atom is -0.315 e. The van der Waals surface area contributed by atoms with Crippen molar-refractivity contribution in [1.82, 2.24) is 0 Å². The Balaban J connectivity index is 2.28. The predicted octanol–water partition coefficient (Wildman–Crippen LogP) is 2.33. The largest absolute Gasteiger partial charge is 0.315 e. The molecular weight excluding hydrogens is 146 g/mol. The van der Waals surface area contributed by atoms with Gasteiger partial charge in [-0.05, 0) is 19.4 Å². The van der Waals surface area contributed by atoms with Crippen molar-refractivity contribution in [3.8, 4) is 0 Å². The molecule has 1 nitrogen and oxygen atoms in total. The Kier molecular flexibility index (Phi) is 1.80. The van der Waals surface area contributed by atoms with Gasteiger partial charge < -0.3 is 4.48 Å². The van der Waals surface area contributed by atoms with E-state index in [1.54, 1.807) is 0 Å². The first kappa shape index (κ1) is 8.31. The summed E-state index contributed by atoms with van der Waals surface area (Å²) < 4.78 is 1.36. The summed E-state index contributed by atoms with van der Waals surface area (Å²) in [4.78, 5) is 0. The summed E-state index contributed by atoms with van der Waals surface area (Å²) >= 11 is 0. The molecule has 2 atom stereocenters. The molecule has 1 unspecified atom stereocenters. The van der Waals surface area contributed by atoms with Gasteiger partial charge in [0.05, 0.1) is 19.1 Å². The quantitative estimate of drug-likeness (QED) is 0.414. The Morgan fingerprint density at radius 1 is 1.42 bits per heavy atom. The van der Waals surface area contributed by atoms with Gasteiger partial charge >= 0.3 is 0 Å². The van der Waals surface area contributed by atoms with E-state index < -0.39 is 0 Å². The van der Waals surface area contributed by atoms with Gasteiger partial charge in [0.2, 0.25) is 0 Å². The van der Waals surface area contributed by atoms with E-state index in [0.29, 0.717) is 0 Å². The van der Waals surface area contributed by atoms with Crippen LogP contribution in [-0.4, -0.2) is 29.7 Å². The third-order valence-electron chi connectivity index (χ3n) is 4.02. The lowest BCUT2D eigenvalue weighted by Crippen LogP contribution is -2.52. The first-order valence-corrected chi connectivity index (χ1v) is 5.21. The second kappa shape index (κ2) is 2.59. The van der Waals surface area contributed by atoms with E-state index in [-0.39, 0.29) is 0 Å². The summed E-state index contributed by atoms with van der Waals surface area (Å²) in [6.07, 6.45) is 4.10. The Bertz CT molecular complexity index is 207. The van der Waals surface area contributed by atoms with E-state index in [4.69, 9.17) is 0 Å². The summed E-state index contributed by atoms with van der Waals surface area (Å²) in [6, 6.07) is 1.63. The Morgan fingerprint density at radius 3 is 2.75 bits per heavy atom. The maximum absolute atomic E-state index is 4.21. The van der Waals surface area contributed by atoms with E-state index in [0.717, 1.165) is 12.1 Å². The Hall–Kier alpha value is -0.300. The molecule has 12 heavy (non-hydrogen) atoms. The van der Waals surface area contributed by atoms with Gasteiger partial charge in [0.15, 0.2) is 0 Å². The summed E-state index contributed by atoms with van der Waals surface area (Å²) in [5.41, 5.74) is 1.53. The zero-order valence-electron chi connectivity index (χ0n) is 8.34. The van der Waals surface area contributed by atoms with E-state index in [9.17, 15) is 0 Å². The minimum absolute atomic E-state index is 0.803. The van der Waals surface area contributed by atoms with Crippen molar-refractivity contribution in [2.24, 2.45) is 0 Å². The molecule has 0 aromatic carbocycles. The van der Waals surface area contributed by atoms with Gasteiger partial charge in [-0.25, -0.2) is 0 Å². The van der Waals surface area contributed by atoms with Crippen LogP contribution in [0.25, 0.3) is 0 Å². The van der Waals surface area contributed by atoms with Crippen LogP contribution < -0.4 is 0 Å². The summed E-state index contributed by atoms with van der Waals surface area (Å²) in [7, 11) is 0. The van der Waals surface area contributed by atoms with Crippen molar-refractivity contribution in [2.45, 2.75) is 45.2 Å². The van der Waals surface area contributed by atoms with Crippen LogP contribution in [0.15, 0.2) is 12.2 Å². The SMILES string of the molecule is C=C1CC[N@+]2(C(C)C)CCCC12. The highest BCUT2D eigenvalue weighted by atomic mass is 15.4. The number of hydrogen-bond donors (Lipinski definition) is 0. The van der Waals surface area contributed by atoms with Crippen molar-refractivity contribution in [1.29, 1.82) is 0 Å². The molecule has 68 valence electrons. The third kappa shape index (κ3) is 0.891. The minimum atomic E-state index is 0.803. The molecule has 2 aliphatic heterocycles. The van der Waals surface area contributed by atoms with Crippen LogP contribution in [-0.2, 0) is 0 Å². The molecule has 1 heteroatoms. The molecular formula is C11H20N+. The maximum atomic E-state index is 4.21. The molecule has 2 aliphatic rings. The molecule has 2 saturated heterocycles. The molecule has 2 heterocycles. The summed E-state index contributed by atoms with van der Waals surface area (Å²) in [5.74, 6) is 0. The van der Waals surface area contributed by atoms with Gasteiger partial charge in [0.1, 0.15) is 6.04 Å². The van der Waals surface area contributed by atoms with E-state index in [1.807, 2.05) is 0 Å². The first-order chi connectivity index (χ1) is 5.67. The average molecular weight is 166 g/mol. The zero-order chi connectivity index (χ0) is 8.77. The van der Waals surface area contributed by atoms with E-state index in [1.165, 1.54) is 42.4 Å². The van der Waals surface area contributed by atoms with Crippen LogP contribution in [0.5, 0.6) is 0 Å². The van der Waals surface area contributed by atoms with E-state index in [2.05, 4.69) is 20.4 Å². The summed E-state index contributed by atoms with van der Waals surface area (Å²) in [6.45, 7) is 11.7. The van der Waals surface area contributed by atoms with Crippen LogP contribution in [0.2, 0.25) is 0 Å². The Labute approximate surface area is 75.7 Å². The fourth-order valence-corrected chi connectivity index (χ4v) is 3.22. The lowest BCUT2D eigenvalue weighted by Gasteiger charge is -2.38. The monoisotopic (exact) mass is 166 g/mol. The second-order valence-electron chi connectivity index (χ2n) is 4.71. The molecule has 0 aromatic rings. The lowest BCUT2D eigenvalue weighted by molar-refractivity contribution is -0.944. The van der Waals surface area contributed by atoms with Crippen LogP contribution in [0.1, 0.15) is 33.1 Å². The number of quaternary nitrogens is 1. The third-order valence-corrected chi connectivity index (χ3v) is 4.02. The molecule has 0 spiro atoms. The van der Waals surface area contributed by atoms with Crippen molar-refractivity contribution in [2.75, 3.05) is 13.1 Å². The fourth-order valence-electron chi connectivity index (χ4n) is 3.22. The summed E-state index contributed by atoms with van der Waals surface area (Å²) in [5, 5.41) is 0. The van der Waals surface area contributed by atoms with Crippen molar-refractivity contribution in [3.05, 3.63) is 12.2 Å². The van der Waals surface area contributed by atoms with Crippen LogP contribution in [0.4, 0.5) is 0 Å². The maximum Gasteiger partial charge on any atom is 0.111 e. The van der Waals surface area contributed by atoms with Crippen molar-refractivity contribution >= 4 is 0 Å². The number of nitrogens with zero attached hydrogens (tertiary/aromatic N) is 1. The van der Waals surface area contributed by atoms with Gasteiger partial charge in [-0.2, -0.15) is 0 Å². The van der Waals surface area contributed by atoms with E-state index >= 15 is 0 Å². The van der Waals surface area contributed by atoms with Crippen molar-refractivity contribution in [3.63, 3.8) is 0 Å². The number of fused-ring (bicyclic) bond motifs is 1. The average Bonchev–Trinajstić information content (AvgIpc) is 2.53. The molecule has 0 amide bonds. The molecule has 0 bridgehead atoms. The van der Waals surface area contributed by atoms with Gasteiger partial charge in [-0.1, -0.05) is 6.58 Å². The number of rotatable bonds is 1. The Morgan fingerprint density at radius 2 is 2.17 bits per heavy atom. The predicted molar refractivity (Wildman–Crippen MR) is 51.9 cm³/mol. The molecule has 0 aromatic heterocycles. The van der Waals surface area contributed by atoms with Gasteiger partial charge in [0, 0.05) is 19.3 Å². The molecule has 0 N–H and O–H groups in total. The zero-order valence-corrected chi connectivity index (χ0v) is 8.34. The topological polar surface area (TPSA) is 0 Å². The smallest absolute Gasteiger partial charge is 0.111 e. The van der Waals surface area contributed by atoms with Gasteiger partial charge in [-0.3, -0.25) is 0 Å². The van der Waals surface area contributed by atoms with Crippen LogP contribution in [0, 0.1) is 0 Å². The van der Waals surface area contributed by atoms with Crippen LogP contribution in [0.3, 0.4) is 0 Å². The van der Waals surface area contributed by atoms with Crippen molar-refractivity contribution < 1.29 is 4.48 Å². The molecule has 0 radical (unpaired) electrons. The molecule has 2 fully saturated rings. The van der Waals surface area contributed by atoms with Gasteiger partial charge in [0.25, 0.3) is 0 Å². The molecule has 0 aliphatic carbocycles. The molecule has 0 saturated carbocycles. The highest BCUT2D eigenvalue weighted by Gasteiger charge is 2.49. The van der Waals surface area contributed by atoms with Crippen LogP contribution >= 0.6 is 0 Å². The first-order valence-electron chi connectivity index (χ1n) is 5.21.